The van der Waals surface area contributed by atoms with E-state index in [1.165, 1.54) is 0 Å². The van der Waals surface area contributed by atoms with Crippen LogP contribution >= 0.6 is 23.4 Å². The van der Waals surface area contributed by atoms with Crippen molar-refractivity contribution in [2.45, 2.75) is 11.8 Å². The number of aromatic amines is 1. The number of hydrogen-bond donors (Lipinski definition) is 2. The molecule has 4 rings (SSSR count). The summed E-state index contributed by atoms with van der Waals surface area (Å²) in [7, 11) is 1.54. The average Bonchev–Trinajstić information content (AvgIpc) is 3.31. The monoisotopic (exact) mass is 493 g/mol. The summed E-state index contributed by atoms with van der Waals surface area (Å²) in [6.45, 7) is 0.418. The number of halogens is 1. The van der Waals surface area contributed by atoms with Crippen molar-refractivity contribution in [1.29, 1.82) is 0 Å². The van der Waals surface area contributed by atoms with Crippen molar-refractivity contribution in [2.24, 2.45) is 0 Å². The van der Waals surface area contributed by atoms with Crippen LogP contribution in [0.1, 0.15) is 11.1 Å². The summed E-state index contributed by atoms with van der Waals surface area (Å²) in [5.74, 6) is 0.536. The van der Waals surface area contributed by atoms with Crippen LogP contribution in [0.2, 0.25) is 5.02 Å². The van der Waals surface area contributed by atoms with Gasteiger partial charge in [0.15, 0.2) is 5.82 Å². The predicted molar refractivity (Wildman–Crippen MR) is 132 cm³/mol. The van der Waals surface area contributed by atoms with Crippen molar-refractivity contribution in [3.63, 3.8) is 0 Å². The van der Waals surface area contributed by atoms with Crippen LogP contribution < -0.4 is 9.47 Å². The van der Waals surface area contributed by atoms with E-state index in [4.69, 9.17) is 21.1 Å². The first-order valence-electron chi connectivity index (χ1n) is 10.2. The van der Waals surface area contributed by atoms with Gasteiger partial charge >= 0.3 is 5.97 Å². The minimum atomic E-state index is -1.09. The van der Waals surface area contributed by atoms with Gasteiger partial charge in [-0.1, -0.05) is 54.1 Å². The number of carbonyl (C=O) groups is 1. The maximum absolute atomic E-state index is 11.9. The zero-order chi connectivity index (χ0) is 23.9. The first-order valence-corrected chi connectivity index (χ1v) is 11.4. The first-order chi connectivity index (χ1) is 16.5. The Balaban J connectivity index is 1.52. The van der Waals surface area contributed by atoms with Crippen molar-refractivity contribution in [1.82, 2.24) is 15.2 Å². The Morgan fingerprint density at radius 3 is 2.71 bits per heavy atom. The van der Waals surface area contributed by atoms with Crippen LogP contribution in [0.25, 0.3) is 17.5 Å². The molecule has 0 bridgehead atoms. The fourth-order valence-electron chi connectivity index (χ4n) is 3.10. The predicted octanol–water partition coefficient (Wildman–Crippen LogP) is 5.93. The number of benzene rings is 3. The second kappa shape index (κ2) is 10.9. The second-order valence-electron chi connectivity index (χ2n) is 7.07. The number of carboxylic acids is 1. The zero-order valence-electron chi connectivity index (χ0n) is 18.1. The van der Waals surface area contributed by atoms with E-state index < -0.39 is 5.97 Å². The zero-order valence-corrected chi connectivity index (χ0v) is 19.6. The maximum Gasteiger partial charge on any atom is 0.342 e. The summed E-state index contributed by atoms with van der Waals surface area (Å²) < 4.78 is 11.2. The third-order valence-corrected chi connectivity index (χ3v) is 5.81. The summed E-state index contributed by atoms with van der Waals surface area (Å²) >= 11 is 7.03. The van der Waals surface area contributed by atoms with Gasteiger partial charge in [-0.2, -0.15) is 0 Å². The van der Waals surface area contributed by atoms with Gasteiger partial charge in [0.25, 0.3) is 0 Å². The highest BCUT2D eigenvalue weighted by Crippen LogP contribution is 2.33. The van der Waals surface area contributed by atoms with Crippen LogP contribution in [-0.4, -0.2) is 33.4 Å². The van der Waals surface area contributed by atoms with Crippen LogP contribution in [0.15, 0.2) is 82.9 Å². The number of aromatic nitrogens is 3. The molecular weight excluding hydrogens is 474 g/mol. The molecule has 0 amide bonds. The smallest absolute Gasteiger partial charge is 0.342 e. The molecule has 3 aromatic carbocycles. The van der Waals surface area contributed by atoms with Gasteiger partial charge in [0.2, 0.25) is 5.16 Å². The molecule has 0 radical (unpaired) electrons. The molecule has 7 nitrogen and oxygen atoms in total. The van der Waals surface area contributed by atoms with E-state index in [1.807, 2.05) is 42.5 Å². The van der Waals surface area contributed by atoms with Gasteiger partial charge in [0.05, 0.1) is 12.7 Å². The van der Waals surface area contributed by atoms with E-state index in [9.17, 15) is 9.90 Å². The number of methoxy groups -OCH3 is 1. The molecule has 1 aromatic heterocycles. The number of H-pyrrole nitrogens is 1. The molecule has 0 fully saturated rings. The highest BCUT2D eigenvalue weighted by molar-refractivity contribution is 8.04. The molecule has 0 unspecified atom stereocenters. The largest absolute Gasteiger partial charge is 0.496 e. The number of nitrogens with zero attached hydrogens (tertiary/aromatic N) is 2. The first kappa shape index (κ1) is 23.4. The Morgan fingerprint density at radius 1 is 1.12 bits per heavy atom. The van der Waals surface area contributed by atoms with Crippen LogP contribution in [-0.2, 0) is 11.4 Å². The van der Waals surface area contributed by atoms with Gasteiger partial charge in [-0.25, -0.2) is 9.78 Å². The van der Waals surface area contributed by atoms with E-state index in [1.54, 1.807) is 43.5 Å². The minimum Gasteiger partial charge on any atom is -0.496 e. The Bertz CT molecular complexity index is 1320. The summed E-state index contributed by atoms with van der Waals surface area (Å²) in [5, 5.41) is 17.5. The van der Waals surface area contributed by atoms with Crippen molar-refractivity contribution in [2.75, 3.05) is 7.11 Å². The Kier molecular flexibility index (Phi) is 7.51. The third kappa shape index (κ3) is 5.98. The van der Waals surface area contributed by atoms with E-state index in [0.717, 1.165) is 17.3 Å². The molecule has 0 aliphatic rings. The van der Waals surface area contributed by atoms with E-state index in [-0.39, 0.29) is 10.1 Å². The molecule has 0 aliphatic carbocycles. The molecule has 0 aliphatic heterocycles. The molecule has 34 heavy (non-hydrogen) atoms. The quantitative estimate of drug-likeness (QED) is 0.220. The minimum absolute atomic E-state index is 0.0591. The molecule has 4 aromatic rings. The fraction of sp³-hybridized carbons (Fsp3) is 0.0800. The van der Waals surface area contributed by atoms with Gasteiger partial charge in [-0.3, -0.25) is 5.10 Å². The number of rotatable bonds is 9. The van der Waals surface area contributed by atoms with E-state index in [0.29, 0.717) is 40.1 Å². The molecular formula is C25H20ClN3O4S. The molecule has 0 spiro atoms. The number of hydrogen-bond acceptors (Lipinski definition) is 6. The van der Waals surface area contributed by atoms with Gasteiger partial charge in [-0.15, -0.1) is 5.10 Å². The van der Waals surface area contributed by atoms with Crippen LogP contribution in [0, 0.1) is 0 Å². The number of thioether (sulfide) groups is 1. The number of nitrogens with one attached hydrogen (secondary N) is 1. The van der Waals surface area contributed by atoms with Crippen molar-refractivity contribution in [3.05, 3.63) is 93.9 Å². The number of aliphatic carboxylic acids is 1. The lowest BCUT2D eigenvalue weighted by atomic mass is 10.2. The van der Waals surface area contributed by atoms with Gasteiger partial charge in [-0.05, 0) is 59.3 Å². The molecule has 0 saturated heterocycles. The second-order valence-corrected chi connectivity index (χ2v) is 8.52. The SMILES string of the molecule is COc1ccc(Cl)cc1-c1nc(S/C(=C\c2cccc(OCc3ccccc3)c2)C(=O)O)n[nH]1. The fourth-order valence-corrected chi connectivity index (χ4v) is 3.98. The summed E-state index contributed by atoms with van der Waals surface area (Å²) in [6, 6.07) is 22.2. The lowest BCUT2D eigenvalue weighted by Crippen LogP contribution is -1.98. The average molecular weight is 494 g/mol. The van der Waals surface area contributed by atoms with Crippen LogP contribution in [0.3, 0.4) is 0 Å². The summed E-state index contributed by atoms with van der Waals surface area (Å²) in [6.07, 6.45) is 1.55. The van der Waals surface area contributed by atoms with Gasteiger partial charge < -0.3 is 14.6 Å². The van der Waals surface area contributed by atoms with E-state index in [2.05, 4.69) is 15.2 Å². The van der Waals surface area contributed by atoms with E-state index >= 15 is 0 Å². The standard InChI is InChI=1S/C25H20ClN3O4S/c1-32-21-11-10-18(26)14-20(21)23-27-25(29-28-23)34-22(24(30)31)13-17-8-5-9-19(12-17)33-15-16-6-3-2-4-7-16/h2-14H,15H2,1H3,(H,30,31)(H,27,28,29)/b22-13-. The molecule has 1 heterocycles. The third-order valence-electron chi connectivity index (χ3n) is 4.70. The maximum atomic E-state index is 11.9. The van der Waals surface area contributed by atoms with Gasteiger partial charge in [0.1, 0.15) is 23.0 Å². The lowest BCUT2D eigenvalue weighted by molar-refractivity contribution is -0.131. The summed E-state index contributed by atoms with van der Waals surface area (Å²) in [5.41, 5.74) is 2.35. The molecule has 172 valence electrons. The highest BCUT2D eigenvalue weighted by atomic mass is 35.5. The molecule has 2 N–H and O–H groups in total. The highest BCUT2D eigenvalue weighted by Gasteiger charge is 2.16. The summed E-state index contributed by atoms with van der Waals surface area (Å²) in [4.78, 5) is 16.4. The molecule has 0 saturated carbocycles. The van der Waals surface area contributed by atoms with Gasteiger partial charge in [0, 0.05) is 5.02 Å². The number of ether oxygens (including phenoxy) is 2. The molecule has 9 heteroatoms. The molecule has 0 atom stereocenters. The van der Waals surface area contributed by atoms with Crippen LogP contribution in [0.4, 0.5) is 0 Å². The Hall–Kier alpha value is -3.75. The Labute approximate surface area is 205 Å². The number of carboxylic acid groups (broad SMARTS) is 1. The van der Waals surface area contributed by atoms with Crippen molar-refractivity contribution < 1.29 is 19.4 Å². The van der Waals surface area contributed by atoms with Crippen LogP contribution in [0.5, 0.6) is 11.5 Å². The van der Waals surface area contributed by atoms with Crippen molar-refractivity contribution >= 4 is 35.4 Å². The lowest BCUT2D eigenvalue weighted by Gasteiger charge is -2.07. The normalized spacial score (nSPS) is 11.3. The van der Waals surface area contributed by atoms with Crippen molar-refractivity contribution in [3.8, 4) is 22.9 Å². The topological polar surface area (TPSA) is 97.3 Å². The Morgan fingerprint density at radius 2 is 1.94 bits per heavy atom.